The lowest BCUT2D eigenvalue weighted by molar-refractivity contribution is 0.583. The molecule has 2 N–H and O–H groups in total. The average Bonchev–Trinajstić information content (AvgIpc) is 2.76. The molecule has 1 aliphatic carbocycles. The van der Waals surface area contributed by atoms with Gasteiger partial charge in [-0.15, -0.1) is 0 Å². The fraction of sp³-hybridized carbons (Fsp3) is 0.417. The van der Waals surface area contributed by atoms with Gasteiger partial charge in [-0.25, -0.2) is 13.8 Å². The van der Waals surface area contributed by atoms with Gasteiger partial charge in [-0.1, -0.05) is 12.8 Å². The molecule has 1 aliphatic rings. The van der Waals surface area contributed by atoms with Crippen LogP contribution in [0, 0.1) is 17.6 Å². The van der Waals surface area contributed by atoms with Crippen LogP contribution >= 0.6 is 15.9 Å². The molecule has 2 nitrogen and oxygen atoms in total. The van der Waals surface area contributed by atoms with Gasteiger partial charge in [-0.05, 0) is 34.8 Å². The van der Waals surface area contributed by atoms with Crippen LogP contribution in [-0.2, 0) is 0 Å². The summed E-state index contributed by atoms with van der Waals surface area (Å²) in [5.74, 6) is -0.661. The molecule has 2 rings (SSSR count). The third kappa shape index (κ3) is 2.83. The van der Waals surface area contributed by atoms with Gasteiger partial charge in [0, 0.05) is 16.5 Å². The number of halogens is 3. The van der Waals surface area contributed by atoms with Crippen LogP contribution < -0.4 is 5.73 Å². The minimum Gasteiger partial charge on any atom is -0.387 e. The van der Waals surface area contributed by atoms with E-state index in [1.807, 2.05) is 0 Å². The van der Waals surface area contributed by atoms with E-state index < -0.39 is 11.6 Å². The SMILES string of the molecule is NC(=Nc1c(F)cc(F)cc1Br)C1CCCC1. The third-order valence-electron chi connectivity index (χ3n) is 3.00. The number of amidine groups is 1. The van der Waals surface area contributed by atoms with E-state index in [9.17, 15) is 8.78 Å². The van der Waals surface area contributed by atoms with Crippen molar-refractivity contribution in [3.63, 3.8) is 0 Å². The molecule has 0 saturated heterocycles. The molecule has 1 aromatic carbocycles. The minimum atomic E-state index is -0.696. The smallest absolute Gasteiger partial charge is 0.152 e. The van der Waals surface area contributed by atoms with Crippen LogP contribution in [-0.4, -0.2) is 5.84 Å². The molecule has 0 unspecified atom stereocenters. The zero-order chi connectivity index (χ0) is 12.4. The highest BCUT2D eigenvalue weighted by Crippen LogP contribution is 2.32. The Morgan fingerprint density at radius 3 is 2.53 bits per heavy atom. The first-order valence-electron chi connectivity index (χ1n) is 5.56. The zero-order valence-corrected chi connectivity index (χ0v) is 10.8. The van der Waals surface area contributed by atoms with Crippen molar-refractivity contribution in [3.05, 3.63) is 28.2 Å². The van der Waals surface area contributed by atoms with Crippen molar-refractivity contribution >= 4 is 27.5 Å². The number of hydrogen-bond donors (Lipinski definition) is 1. The summed E-state index contributed by atoms with van der Waals surface area (Å²) in [5, 5.41) is 0. The molecule has 1 aromatic rings. The number of aliphatic imine (C=N–C) groups is 1. The van der Waals surface area contributed by atoms with E-state index in [0.717, 1.165) is 31.7 Å². The highest BCUT2D eigenvalue weighted by atomic mass is 79.9. The van der Waals surface area contributed by atoms with Crippen molar-refractivity contribution in [1.29, 1.82) is 0 Å². The summed E-state index contributed by atoms with van der Waals surface area (Å²) < 4.78 is 26.7. The Hall–Kier alpha value is -0.970. The molecule has 0 aromatic heterocycles. The summed E-state index contributed by atoms with van der Waals surface area (Å²) in [6.07, 6.45) is 4.26. The Labute approximate surface area is 107 Å². The molecule has 92 valence electrons. The first-order chi connectivity index (χ1) is 8.08. The largest absolute Gasteiger partial charge is 0.387 e. The Bertz CT molecular complexity index is 431. The molecule has 0 radical (unpaired) electrons. The summed E-state index contributed by atoms with van der Waals surface area (Å²) in [7, 11) is 0. The van der Waals surface area contributed by atoms with Gasteiger partial charge in [-0.2, -0.15) is 0 Å². The number of hydrogen-bond acceptors (Lipinski definition) is 1. The predicted molar refractivity (Wildman–Crippen MR) is 67.3 cm³/mol. The molecule has 1 fully saturated rings. The second kappa shape index (κ2) is 5.12. The third-order valence-corrected chi connectivity index (χ3v) is 3.60. The van der Waals surface area contributed by atoms with Crippen LogP contribution in [0.4, 0.5) is 14.5 Å². The van der Waals surface area contributed by atoms with Gasteiger partial charge in [0.2, 0.25) is 0 Å². The summed E-state index contributed by atoms with van der Waals surface area (Å²) >= 11 is 3.09. The Morgan fingerprint density at radius 2 is 1.94 bits per heavy atom. The molecule has 0 amide bonds. The van der Waals surface area contributed by atoms with Crippen molar-refractivity contribution in [2.24, 2.45) is 16.6 Å². The molecular weight excluding hydrogens is 290 g/mol. The monoisotopic (exact) mass is 302 g/mol. The van der Waals surface area contributed by atoms with Crippen LogP contribution in [0.1, 0.15) is 25.7 Å². The number of rotatable bonds is 2. The first-order valence-corrected chi connectivity index (χ1v) is 6.36. The molecule has 5 heteroatoms. The maximum Gasteiger partial charge on any atom is 0.152 e. The predicted octanol–water partition coefficient (Wildman–Crippen LogP) is 3.91. The molecular formula is C12H13BrF2N2. The summed E-state index contributed by atoms with van der Waals surface area (Å²) in [5.41, 5.74) is 5.94. The van der Waals surface area contributed by atoms with Crippen molar-refractivity contribution in [3.8, 4) is 0 Å². The van der Waals surface area contributed by atoms with Crippen molar-refractivity contribution in [1.82, 2.24) is 0 Å². The lowest BCUT2D eigenvalue weighted by atomic mass is 10.1. The second-order valence-corrected chi connectivity index (χ2v) is 5.09. The fourth-order valence-corrected chi connectivity index (χ4v) is 2.58. The van der Waals surface area contributed by atoms with Crippen molar-refractivity contribution in [2.75, 3.05) is 0 Å². The molecule has 17 heavy (non-hydrogen) atoms. The maximum absolute atomic E-state index is 13.5. The summed E-state index contributed by atoms with van der Waals surface area (Å²) in [6, 6.07) is 2.00. The van der Waals surface area contributed by atoms with E-state index >= 15 is 0 Å². The summed E-state index contributed by atoms with van der Waals surface area (Å²) in [6.45, 7) is 0. The van der Waals surface area contributed by atoms with Crippen LogP contribution in [0.25, 0.3) is 0 Å². The standard InChI is InChI=1S/C12H13BrF2N2/c13-9-5-8(14)6-10(15)11(9)17-12(16)7-3-1-2-4-7/h5-7H,1-4H2,(H2,16,17). The van der Waals surface area contributed by atoms with Crippen LogP contribution in [0.15, 0.2) is 21.6 Å². The second-order valence-electron chi connectivity index (χ2n) is 4.24. The Balaban J connectivity index is 2.31. The average molecular weight is 303 g/mol. The normalized spacial score (nSPS) is 17.7. The van der Waals surface area contributed by atoms with Crippen LogP contribution in [0.3, 0.4) is 0 Å². The summed E-state index contributed by atoms with van der Waals surface area (Å²) in [4.78, 5) is 4.09. The first kappa shape index (κ1) is 12.5. The Kier molecular flexibility index (Phi) is 3.76. The van der Waals surface area contributed by atoms with E-state index in [1.165, 1.54) is 6.07 Å². The number of nitrogens with two attached hydrogens (primary N) is 1. The lowest BCUT2D eigenvalue weighted by Gasteiger charge is -2.09. The highest BCUT2D eigenvalue weighted by molar-refractivity contribution is 9.10. The van der Waals surface area contributed by atoms with Crippen molar-refractivity contribution < 1.29 is 8.78 Å². The van der Waals surface area contributed by atoms with Crippen molar-refractivity contribution in [2.45, 2.75) is 25.7 Å². The number of benzene rings is 1. The zero-order valence-electron chi connectivity index (χ0n) is 9.22. The van der Waals surface area contributed by atoms with Crippen LogP contribution in [0.2, 0.25) is 0 Å². The van der Waals surface area contributed by atoms with Gasteiger partial charge < -0.3 is 5.73 Å². The molecule has 0 aliphatic heterocycles. The molecule has 1 saturated carbocycles. The topological polar surface area (TPSA) is 38.4 Å². The molecule has 0 heterocycles. The van der Waals surface area contributed by atoms with E-state index in [4.69, 9.17) is 5.73 Å². The lowest BCUT2D eigenvalue weighted by Crippen LogP contribution is -2.20. The number of nitrogens with zero attached hydrogens (tertiary/aromatic N) is 1. The molecule has 0 atom stereocenters. The van der Waals surface area contributed by atoms with E-state index in [1.54, 1.807) is 0 Å². The van der Waals surface area contributed by atoms with Gasteiger partial charge in [0.15, 0.2) is 5.82 Å². The van der Waals surface area contributed by atoms with E-state index in [2.05, 4.69) is 20.9 Å². The minimum absolute atomic E-state index is 0.0794. The maximum atomic E-state index is 13.5. The van der Waals surface area contributed by atoms with E-state index in [0.29, 0.717) is 5.84 Å². The Morgan fingerprint density at radius 1 is 1.29 bits per heavy atom. The van der Waals surface area contributed by atoms with Gasteiger partial charge in [0.1, 0.15) is 17.3 Å². The van der Waals surface area contributed by atoms with Gasteiger partial charge >= 0.3 is 0 Å². The van der Waals surface area contributed by atoms with E-state index in [-0.39, 0.29) is 16.1 Å². The van der Waals surface area contributed by atoms with Gasteiger partial charge in [0.05, 0.1) is 0 Å². The molecule has 0 bridgehead atoms. The molecule has 0 spiro atoms. The highest BCUT2D eigenvalue weighted by Gasteiger charge is 2.19. The quantitative estimate of drug-likeness (QED) is 0.653. The fourth-order valence-electron chi connectivity index (χ4n) is 2.08. The van der Waals surface area contributed by atoms with Gasteiger partial charge in [-0.3, -0.25) is 0 Å². The van der Waals surface area contributed by atoms with Gasteiger partial charge in [0.25, 0.3) is 0 Å². The van der Waals surface area contributed by atoms with Crippen LogP contribution in [0.5, 0.6) is 0 Å².